The molecule has 0 aliphatic carbocycles. The third-order valence-corrected chi connectivity index (χ3v) is 6.73. The molecule has 1 unspecified atom stereocenters. The predicted octanol–water partition coefficient (Wildman–Crippen LogP) is 3.86. The minimum Gasteiger partial charge on any atom is -0.497 e. The van der Waals surface area contributed by atoms with Gasteiger partial charge in [-0.1, -0.05) is 24.3 Å². The van der Waals surface area contributed by atoms with Crippen LogP contribution in [0.1, 0.15) is 29.7 Å². The van der Waals surface area contributed by atoms with Crippen molar-refractivity contribution < 1.29 is 23.8 Å². The minimum atomic E-state index is -0.506. The van der Waals surface area contributed by atoms with Gasteiger partial charge in [0.15, 0.2) is 6.61 Å². The molecule has 8 nitrogen and oxygen atoms in total. The van der Waals surface area contributed by atoms with Gasteiger partial charge in [0.1, 0.15) is 17.2 Å². The van der Waals surface area contributed by atoms with Crippen LogP contribution < -0.4 is 30.2 Å². The number of amides is 2. The van der Waals surface area contributed by atoms with Crippen molar-refractivity contribution in [3.63, 3.8) is 0 Å². The van der Waals surface area contributed by atoms with Crippen LogP contribution in [0.3, 0.4) is 0 Å². The van der Waals surface area contributed by atoms with Gasteiger partial charge >= 0.3 is 0 Å². The summed E-state index contributed by atoms with van der Waals surface area (Å²) in [6.07, 6.45) is 0.540. The maximum Gasteiger partial charge on any atom is 0.257 e. The standard InChI is InChI=1S/C29H34IN3O5/c1-5-32-27(34)18-38-22-12-8-20(9-13-22)28(24-15-14-23(36-3)17-26(24)37-4)33-29(35)25(31-2)16-19-6-10-21(30)11-7-19/h6-15,17,25,28,31H,5,16,18H2,1-4H3,(H,32,34)(H,33,35)/t25-,28?/m0/s1. The predicted molar refractivity (Wildman–Crippen MR) is 156 cm³/mol. The number of halogens is 1. The number of benzene rings is 3. The molecule has 0 spiro atoms. The highest BCUT2D eigenvalue weighted by atomic mass is 127. The largest absolute Gasteiger partial charge is 0.497 e. The molecular formula is C29H34IN3O5. The van der Waals surface area contributed by atoms with Crippen LogP contribution >= 0.6 is 22.6 Å². The normalized spacial score (nSPS) is 12.2. The number of ether oxygens (including phenoxy) is 3. The summed E-state index contributed by atoms with van der Waals surface area (Å²) in [5, 5.41) is 9.05. The second-order valence-electron chi connectivity index (χ2n) is 8.53. The van der Waals surface area contributed by atoms with Crippen LogP contribution in [0.4, 0.5) is 0 Å². The Kier molecular flexibility index (Phi) is 11.2. The molecular weight excluding hydrogens is 597 g/mol. The lowest BCUT2D eigenvalue weighted by atomic mass is 9.96. The van der Waals surface area contributed by atoms with Crippen molar-refractivity contribution in [3.05, 3.63) is 87.0 Å². The molecule has 0 aliphatic heterocycles. The number of carbonyl (C=O) groups is 2. The van der Waals surface area contributed by atoms with Crippen molar-refractivity contribution in [2.24, 2.45) is 0 Å². The summed E-state index contributed by atoms with van der Waals surface area (Å²) in [6.45, 7) is 2.33. The lowest BCUT2D eigenvalue weighted by molar-refractivity contribution is -0.124. The zero-order chi connectivity index (χ0) is 27.5. The Bertz CT molecular complexity index is 1200. The van der Waals surface area contributed by atoms with Gasteiger partial charge in [0.25, 0.3) is 5.91 Å². The van der Waals surface area contributed by atoms with E-state index in [1.807, 2.05) is 55.5 Å². The molecule has 0 saturated carbocycles. The summed E-state index contributed by atoms with van der Waals surface area (Å²) in [7, 11) is 4.96. The summed E-state index contributed by atoms with van der Waals surface area (Å²) in [5.41, 5.74) is 2.67. The highest BCUT2D eigenvalue weighted by Crippen LogP contribution is 2.34. The molecule has 0 bridgehead atoms. The Hall–Kier alpha value is -3.31. The van der Waals surface area contributed by atoms with Gasteiger partial charge in [0, 0.05) is 21.7 Å². The van der Waals surface area contributed by atoms with Crippen molar-refractivity contribution in [1.82, 2.24) is 16.0 Å². The van der Waals surface area contributed by atoms with Crippen LogP contribution in [0.15, 0.2) is 66.7 Å². The van der Waals surface area contributed by atoms with Crippen molar-refractivity contribution in [2.75, 3.05) is 34.4 Å². The number of likely N-dealkylation sites (N-methyl/N-ethyl adjacent to an activating group) is 2. The average Bonchev–Trinajstić information content (AvgIpc) is 2.94. The number of hydrogen-bond acceptors (Lipinski definition) is 6. The molecule has 3 N–H and O–H groups in total. The fraction of sp³-hybridized carbons (Fsp3) is 0.310. The summed E-state index contributed by atoms with van der Waals surface area (Å²) in [4.78, 5) is 25.3. The lowest BCUT2D eigenvalue weighted by Gasteiger charge is -2.25. The molecule has 3 aromatic rings. The van der Waals surface area contributed by atoms with Gasteiger partial charge in [-0.2, -0.15) is 0 Å². The molecule has 2 amide bonds. The second kappa shape index (κ2) is 14.6. The molecule has 202 valence electrons. The van der Waals surface area contributed by atoms with E-state index in [1.54, 1.807) is 39.5 Å². The monoisotopic (exact) mass is 631 g/mol. The number of rotatable bonds is 13. The topological polar surface area (TPSA) is 97.9 Å². The molecule has 38 heavy (non-hydrogen) atoms. The Morgan fingerprint density at radius 2 is 1.61 bits per heavy atom. The van der Waals surface area contributed by atoms with Gasteiger partial charge in [0.05, 0.1) is 26.3 Å². The summed E-state index contributed by atoms with van der Waals surface area (Å²) < 4.78 is 17.8. The van der Waals surface area contributed by atoms with Crippen molar-refractivity contribution in [2.45, 2.75) is 25.4 Å². The van der Waals surface area contributed by atoms with Gasteiger partial charge in [-0.15, -0.1) is 0 Å². The van der Waals surface area contributed by atoms with Crippen LogP contribution in [-0.4, -0.2) is 52.3 Å². The van der Waals surface area contributed by atoms with E-state index in [0.717, 1.165) is 20.3 Å². The Morgan fingerprint density at radius 3 is 2.21 bits per heavy atom. The van der Waals surface area contributed by atoms with E-state index in [2.05, 4.69) is 38.5 Å². The van der Waals surface area contributed by atoms with Gasteiger partial charge in [-0.3, -0.25) is 9.59 Å². The van der Waals surface area contributed by atoms with Gasteiger partial charge in [-0.25, -0.2) is 0 Å². The van der Waals surface area contributed by atoms with Gasteiger partial charge in [-0.05, 0) is 90.5 Å². The first-order chi connectivity index (χ1) is 18.4. The lowest BCUT2D eigenvalue weighted by Crippen LogP contribution is -2.45. The first-order valence-electron chi connectivity index (χ1n) is 12.3. The van der Waals surface area contributed by atoms with Crippen LogP contribution in [0, 0.1) is 3.57 Å². The van der Waals surface area contributed by atoms with E-state index in [0.29, 0.717) is 30.2 Å². The minimum absolute atomic E-state index is 0.0674. The zero-order valence-corrected chi connectivity index (χ0v) is 24.2. The molecule has 0 heterocycles. The van der Waals surface area contributed by atoms with E-state index in [1.165, 1.54) is 0 Å². The fourth-order valence-electron chi connectivity index (χ4n) is 3.98. The zero-order valence-electron chi connectivity index (χ0n) is 22.0. The Labute approximate surface area is 237 Å². The van der Waals surface area contributed by atoms with E-state index in [-0.39, 0.29) is 18.4 Å². The average molecular weight is 632 g/mol. The molecule has 0 aliphatic rings. The van der Waals surface area contributed by atoms with E-state index in [4.69, 9.17) is 14.2 Å². The number of methoxy groups -OCH3 is 2. The van der Waals surface area contributed by atoms with Gasteiger partial charge in [0.2, 0.25) is 5.91 Å². The van der Waals surface area contributed by atoms with Crippen LogP contribution in [0.2, 0.25) is 0 Å². The fourth-order valence-corrected chi connectivity index (χ4v) is 4.34. The molecule has 9 heteroatoms. The quantitative estimate of drug-likeness (QED) is 0.248. The molecule has 2 atom stereocenters. The second-order valence-corrected chi connectivity index (χ2v) is 9.78. The highest BCUT2D eigenvalue weighted by molar-refractivity contribution is 14.1. The number of nitrogens with one attached hydrogen (secondary N) is 3. The molecule has 0 fully saturated rings. The van der Waals surface area contributed by atoms with Crippen LogP contribution in [0.25, 0.3) is 0 Å². The maximum atomic E-state index is 13.5. The summed E-state index contributed by atoms with van der Waals surface area (Å²) in [6, 6.07) is 20.0. The SMILES string of the molecule is CCNC(=O)COc1ccc(C(NC(=O)[C@H](Cc2ccc(I)cc2)NC)c2ccc(OC)cc2OC)cc1. The van der Waals surface area contributed by atoms with Crippen molar-refractivity contribution in [3.8, 4) is 17.2 Å². The third-order valence-electron chi connectivity index (χ3n) is 6.01. The molecule has 3 rings (SSSR count). The smallest absolute Gasteiger partial charge is 0.257 e. The van der Waals surface area contributed by atoms with Crippen molar-refractivity contribution in [1.29, 1.82) is 0 Å². The van der Waals surface area contributed by atoms with E-state index in [9.17, 15) is 9.59 Å². The molecule has 0 aromatic heterocycles. The first kappa shape index (κ1) is 29.2. The molecule has 0 radical (unpaired) electrons. The first-order valence-corrected chi connectivity index (χ1v) is 13.4. The van der Waals surface area contributed by atoms with E-state index >= 15 is 0 Å². The summed E-state index contributed by atoms with van der Waals surface area (Å²) in [5.74, 6) is 1.46. The third kappa shape index (κ3) is 8.09. The van der Waals surface area contributed by atoms with Gasteiger partial charge < -0.3 is 30.2 Å². The van der Waals surface area contributed by atoms with Crippen LogP contribution in [-0.2, 0) is 16.0 Å². The highest BCUT2D eigenvalue weighted by Gasteiger charge is 2.25. The molecule has 3 aromatic carbocycles. The van der Waals surface area contributed by atoms with E-state index < -0.39 is 12.1 Å². The Balaban J connectivity index is 1.88. The summed E-state index contributed by atoms with van der Waals surface area (Å²) >= 11 is 2.26. The Morgan fingerprint density at radius 1 is 0.921 bits per heavy atom. The number of carbonyl (C=O) groups excluding carboxylic acids is 2. The van der Waals surface area contributed by atoms with Crippen molar-refractivity contribution >= 4 is 34.4 Å². The van der Waals surface area contributed by atoms with Crippen LogP contribution in [0.5, 0.6) is 17.2 Å². The number of hydrogen-bond donors (Lipinski definition) is 3. The maximum absolute atomic E-state index is 13.5. The molecule has 0 saturated heterocycles.